The summed E-state index contributed by atoms with van der Waals surface area (Å²) < 4.78 is 0. The van der Waals surface area contributed by atoms with Gasteiger partial charge in [0.25, 0.3) is 0 Å². The second kappa shape index (κ2) is 9.31. The molecule has 1 amide bonds. The first-order valence-corrected chi connectivity index (χ1v) is 12.1. The van der Waals surface area contributed by atoms with Crippen LogP contribution in [-0.2, 0) is 22.4 Å². The van der Waals surface area contributed by atoms with Crippen LogP contribution in [0.25, 0.3) is 0 Å². The fourth-order valence-corrected chi connectivity index (χ4v) is 5.38. The van der Waals surface area contributed by atoms with Gasteiger partial charge in [0.05, 0.1) is 6.42 Å². The fraction of sp³-hybridized carbons (Fsp3) is 0.480. The smallest absolute Gasteiger partial charge is 0.305 e. The van der Waals surface area contributed by atoms with E-state index in [0.29, 0.717) is 29.7 Å². The van der Waals surface area contributed by atoms with Gasteiger partial charge < -0.3 is 20.6 Å². The highest BCUT2D eigenvalue weighted by atomic mass is 35.5. The molecule has 3 aliphatic rings. The van der Waals surface area contributed by atoms with Crippen molar-refractivity contribution in [3.8, 4) is 0 Å². The number of aromatic nitrogens is 1. The normalized spacial score (nSPS) is 23.9. The highest BCUT2D eigenvalue weighted by Crippen LogP contribution is 2.47. The lowest BCUT2D eigenvalue weighted by atomic mass is 10.0. The number of carbonyl (C=O) groups excluding carboxylic acids is 1. The van der Waals surface area contributed by atoms with Gasteiger partial charge in [0.2, 0.25) is 5.91 Å². The standard InChI is InChI=1S/C25H29ClN4O3/c26-17-6-3-15(4-7-17)21(12-23(32)33)29-24-19-13-30(14-20(19)24)22(31)10-9-18-8-5-16-2-1-11-27-25(16)28-18/h3-8,19-21,24,29H,1-2,9-14H2,(H,27,28)(H,32,33)/t19-,20+,21-,24?/m1/s1. The molecular formula is C25H29ClN4O3. The molecule has 3 heterocycles. The van der Waals surface area contributed by atoms with Crippen molar-refractivity contribution in [2.24, 2.45) is 11.8 Å². The van der Waals surface area contributed by atoms with Crippen LogP contribution in [0.5, 0.6) is 0 Å². The molecule has 3 N–H and O–H groups in total. The summed E-state index contributed by atoms with van der Waals surface area (Å²) in [4.78, 5) is 30.8. The minimum Gasteiger partial charge on any atom is -0.481 e. The molecule has 2 fully saturated rings. The van der Waals surface area contributed by atoms with Crippen LogP contribution in [0.15, 0.2) is 36.4 Å². The summed E-state index contributed by atoms with van der Waals surface area (Å²) >= 11 is 5.98. The SMILES string of the molecule is O=C(O)C[C@@H](NC1[C@H]2CN(C(=O)CCc3ccc4c(n3)NCCC4)C[C@@H]12)c1ccc(Cl)cc1. The second-order valence-corrected chi connectivity index (χ2v) is 9.80. The van der Waals surface area contributed by atoms with Crippen molar-refractivity contribution < 1.29 is 14.7 Å². The summed E-state index contributed by atoms with van der Waals surface area (Å²) in [6.07, 6.45) is 3.33. The summed E-state index contributed by atoms with van der Waals surface area (Å²) in [6.45, 7) is 2.43. The first-order valence-electron chi connectivity index (χ1n) is 11.7. The first kappa shape index (κ1) is 22.2. The van der Waals surface area contributed by atoms with Gasteiger partial charge in [0.1, 0.15) is 5.82 Å². The number of anilines is 1. The molecule has 2 aliphatic heterocycles. The molecule has 0 radical (unpaired) electrons. The molecule has 4 atom stereocenters. The van der Waals surface area contributed by atoms with Gasteiger partial charge in [-0.3, -0.25) is 9.59 Å². The summed E-state index contributed by atoms with van der Waals surface area (Å²) in [6, 6.07) is 11.5. The average molecular weight is 469 g/mol. The van der Waals surface area contributed by atoms with E-state index in [9.17, 15) is 14.7 Å². The van der Waals surface area contributed by atoms with Gasteiger partial charge in [-0.25, -0.2) is 4.98 Å². The number of likely N-dealkylation sites (tertiary alicyclic amines) is 1. The number of aryl methyl sites for hydroxylation is 2. The van der Waals surface area contributed by atoms with Crippen molar-refractivity contribution in [3.63, 3.8) is 0 Å². The molecule has 0 spiro atoms. The number of benzene rings is 1. The van der Waals surface area contributed by atoms with E-state index < -0.39 is 5.97 Å². The maximum atomic E-state index is 12.8. The van der Waals surface area contributed by atoms with E-state index in [1.165, 1.54) is 5.56 Å². The van der Waals surface area contributed by atoms with Crippen LogP contribution in [0.4, 0.5) is 5.82 Å². The summed E-state index contributed by atoms with van der Waals surface area (Å²) in [7, 11) is 0. The number of carboxylic acid groups (broad SMARTS) is 1. The Hall–Kier alpha value is -2.64. The Morgan fingerprint density at radius 1 is 1.18 bits per heavy atom. The van der Waals surface area contributed by atoms with Crippen LogP contribution in [0.1, 0.15) is 42.1 Å². The van der Waals surface area contributed by atoms with Crippen LogP contribution in [0.2, 0.25) is 5.02 Å². The van der Waals surface area contributed by atoms with Crippen LogP contribution in [0, 0.1) is 11.8 Å². The topological polar surface area (TPSA) is 94.6 Å². The molecule has 8 heteroatoms. The molecule has 174 valence electrons. The van der Waals surface area contributed by atoms with E-state index in [1.54, 1.807) is 12.1 Å². The lowest BCUT2D eigenvalue weighted by Crippen LogP contribution is -2.37. The van der Waals surface area contributed by atoms with Gasteiger partial charge in [0.15, 0.2) is 0 Å². The van der Waals surface area contributed by atoms with E-state index in [0.717, 1.165) is 49.6 Å². The maximum absolute atomic E-state index is 12.8. The zero-order chi connectivity index (χ0) is 22.9. The molecular weight excluding hydrogens is 440 g/mol. The zero-order valence-corrected chi connectivity index (χ0v) is 19.2. The number of amides is 1. The Kier molecular flexibility index (Phi) is 6.25. The summed E-state index contributed by atoms with van der Waals surface area (Å²) in [5.41, 5.74) is 3.14. The van der Waals surface area contributed by atoms with Gasteiger partial charge >= 0.3 is 5.97 Å². The number of piperidine rings is 1. The maximum Gasteiger partial charge on any atom is 0.305 e. The van der Waals surface area contributed by atoms with Gasteiger partial charge in [-0.05, 0) is 60.4 Å². The number of nitrogens with one attached hydrogen (secondary N) is 2. The number of hydrogen-bond donors (Lipinski definition) is 3. The Morgan fingerprint density at radius 2 is 1.94 bits per heavy atom. The summed E-state index contributed by atoms with van der Waals surface area (Å²) in [5.74, 6) is 1.09. The molecule has 1 aliphatic carbocycles. The summed E-state index contributed by atoms with van der Waals surface area (Å²) in [5, 5.41) is 16.8. The van der Waals surface area contributed by atoms with E-state index in [-0.39, 0.29) is 24.4 Å². The van der Waals surface area contributed by atoms with Crippen LogP contribution in [0.3, 0.4) is 0 Å². The van der Waals surface area contributed by atoms with Gasteiger partial charge in [-0.15, -0.1) is 0 Å². The quantitative estimate of drug-likeness (QED) is 0.550. The van der Waals surface area contributed by atoms with Crippen LogP contribution >= 0.6 is 11.6 Å². The number of hydrogen-bond acceptors (Lipinski definition) is 5. The second-order valence-electron chi connectivity index (χ2n) is 9.36. The number of aliphatic carboxylic acids is 1. The molecule has 2 aromatic rings. The largest absolute Gasteiger partial charge is 0.481 e. The Bertz CT molecular complexity index is 1030. The van der Waals surface area contributed by atoms with Crippen molar-refractivity contribution >= 4 is 29.3 Å². The fourth-order valence-electron chi connectivity index (χ4n) is 5.25. The third kappa shape index (κ3) is 4.99. The Morgan fingerprint density at radius 3 is 2.67 bits per heavy atom. The van der Waals surface area contributed by atoms with E-state index >= 15 is 0 Å². The number of rotatable bonds is 8. The molecule has 1 aromatic heterocycles. The van der Waals surface area contributed by atoms with Crippen molar-refractivity contribution in [3.05, 3.63) is 58.2 Å². The van der Waals surface area contributed by atoms with E-state index in [2.05, 4.69) is 16.7 Å². The van der Waals surface area contributed by atoms with Gasteiger partial charge in [0, 0.05) is 48.9 Å². The van der Waals surface area contributed by atoms with Gasteiger partial charge in [-0.2, -0.15) is 0 Å². The molecule has 1 aromatic carbocycles. The van der Waals surface area contributed by atoms with Crippen molar-refractivity contribution in [1.29, 1.82) is 0 Å². The van der Waals surface area contributed by atoms with E-state index in [1.807, 2.05) is 23.1 Å². The van der Waals surface area contributed by atoms with Crippen LogP contribution < -0.4 is 10.6 Å². The van der Waals surface area contributed by atoms with Crippen molar-refractivity contribution in [2.75, 3.05) is 25.0 Å². The number of fused-ring (bicyclic) bond motifs is 2. The third-order valence-electron chi connectivity index (χ3n) is 7.14. The Labute approximate surface area is 198 Å². The number of carbonyl (C=O) groups is 2. The Balaban J connectivity index is 1.12. The molecule has 5 rings (SSSR count). The first-order chi connectivity index (χ1) is 16.0. The molecule has 1 saturated heterocycles. The van der Waals surface area contributed by atoms with Crippen molar-refractivity contribution in [1.82, 2.24) is 15.2 Å². The van der Waals surface area contributed by atoms with Gasteiger partial charge in [-0.1, -0.05) is 29.8 Å². The number of nitrogens with zero attached hydrogens (tertiary/aromatic N) is 2. The highest BCUT2D eigenvalue weighted by molar-refractivity contribution is 6.30. The zero-order valence-electron chi connectivity index (χ0n) is 18.5. The highest BCUT2D eigenvalue weighted by Gasteiger charge is 2.57. The number of carboxylic acids is 1. The van der Waals surface area contributed by atoms with Crippen LogP contribution in [-0.4, -0.2) is 52.5 Å². The number of pyridine rings is 1. The molecule has 7 nitrogen and oxygen atoms in total. The number of halogens is 1. The molecule has 0 bridgehead atoms. The lowest BCUT2D eigenvalue weighted by Gasteiger charge is -2.23. The average Bonchev–Trinajstić information content (AvgIpc) is 3.24. The predicted molar refractivity (Wildman–Crippen MR) is 126 cm³/mol. The molecule has 1 unspecified atom stereocenters. The predicted octanol–water partition coefficient (Wildman–Crippen LogP) is 3.29. The minimum atomic E-state index is -0.837. The lowest BCUT2D eigenvalue weighted by molar-refractivity contribution is -0.137. The molecule has 1 saturated carbocycles. The monoisotopic (exact) mass is 468 g/mol. The van der Waals surface area contributed by atoms with E-state index in [4.69, 9.17) is 16.6 Å². The third-order valence-corrected chi connectivity index (χ3v) is 7.39. The van der Waals surface area contributed by atoms with Crippen molar-refractivity contribution in [2.45, 2.75) is 44.2 Å². The minimum absolute atomic E-state index is 0.0167. The molecule has 33 heavy (non-hydrogen) atoms.